The smallest absolute Gasteiger partial charge is 0.394 e. The molecule has 3 N–H and O–H groups in total. The number of benzene rings is 1. The van der Waals surface area contributed by atoms with Gasteiger partial charge >= 0.3 is 11.9 Å². The second-order valence-corrected chi connectivity index (χ2v) is 2.85. The van der Waals surface area contributed by atoms with Crippen molar-refractivity contribution in [2.24, 2.45) is 0 Å². The number of carboxylic acid groups (broad SMARTS) is 1. The molecule has 0 radical (unpaired) electrons. The molecular weight excluding hydrogens is 198 g/mol. The lowest BCUT2D eigenvalue weighted by atomic mass is 10.2. The lowest BCUT2D eigenvalue weighted by molar-refractivity contribution is 0.0643. The lowest BCUT2D eigenvalue weighted by Crippen LogP contribution is -1.95. The van der Waals surface area contributed by atoms with Crippen LogP contribution in [0.1, 0.15) is 10.7 Å². The van der Waals surface area contributed by atoms with Crippen molar-refractivity contribution in [1.29, 1.82) is 0 Å². The number of nitrogen functional groups attached to an aromatic ring is 1. The van der Waals surface area contributed by atoms with Gasteiger partial charge in [-0.25, -0.2) is 4.79 Å². The predicted molar refractivity (Wildman–Crippen MR) is 51.1 cm³/mol. The average Bonchev–Trinajstić information content (AvgIpc) is 2.68. The molecule has 6 heteroatoms. The first-order valence-corrected chi connectivity index (χ1v) is 4.10. The molecule has 0 unspecified atom stereocenters. The molecule has 1 aromatic carbocycles. The topological polar surface area (TPSA) is 102 Å². The van der Waals surface area contributed by atoms with E-state index < -0.39 is 11.9 Å². The zero-order valence-electron chi connectivity index (χ0n) is 7.54. The van der Waals surface area contributed by atoms with Crippen molar-refractivity contribution >= 4 is 11.7 Å². The number of nitrogens with zero attached hydrogens (tertiary/aromatic N) is 2. The van der Waals surface area contributed by atoms with E-state index in [-0.39, 0.29) is 5.82 Å². The summed E-state index contributed by atoms with van der Waals surface area (Å²) in [6.45, 7) is 0. The minimum absolute atomic E-state index is 0.229. The van der Waals surface area contributed by atoms with Crippen LogP contribution in [0.2, 0.25) is 0 Å². The van der Waals surface area contributed by atoms with Gasteiger partial charge in [0.05, 0.1) is 0 Å². The molecule has 1 aromatic heterocycles. The van der Waals surface area contributed by atoms with Gasteiger partial charge in [0, 0.05) is 11.3 Å². The molecule has 0 saturated heterocycles. The molecule has 6 nitrogen and oxygen atoms in total. The zero-order chi connectivity index (χ0) is 10.8. The Bertz CT molecular complexity index is 490. The van der Waals surface area contributed by atoms with E-state index in [0.717, 1.165) is 0 Å². The van der Waals surface area contributed by atoms with Crippen LogP contribution in [-0.2, 0) is 0 Å². The van der Waals surface area contributed by atoms with Gasteiger partial charge in [0.2, 0.25) is 5.82 Å². The highest BCUT2D eigenvalue weighted by atomic mass is 16.5. The van der Waals surface area contributed by atoms with Crippen LogP contribution in [0, 0.1) is 0 Å². The van der Waals surface area contributed by atoms with E-state index in [1.54, 1.807) is 24.3 Å². The van der Waals surface area contributed by atoms with E-state index in [2.05, 4.69) is 14.7 Å². The van der Waals surface area contributed by atoms with Gasteiger partial charge in [0.1, 0.15) is 0 Å². The fourth-order valence-electron chi connectivity index (χ4n) is 1.06. The zero-order valence-corrected chi connectivity index (χ0v) is 7.54. The van der Waals surface area contributed by atoms with Crippen LogP contribution in [0.3, 0.4) is 0 Å². The van der Waals surface area contributed by atoms with Crippen LogP contribution in [-0.4, -0.2) is 21.2 Å². The quantitative estimate of drug-likeness (QED) is 0.709. The van der Waals surface area contributed by atoms with E-state index >= 15 is 0 Å². The van der Waals surface area contributed by atoms with E-state index in [1.807, 2.05) is 0 Å². The first kappa shape index (κ1) is 9.20. The van der Waals surface area contributed by atoms with Gasteiger partial charge in [0.15, 0.2) is 0 Å². The van der Waals surface area contributed by atoms with Crippen LogP contribution in [0.25, 0.3) is 11.4 Å². The molecule has 0 amide bonds. The molecule has 2 rings (SSSR count). The Morgan fingerprint density at radius 2 is 2.00 bits per heavy atom. The molecule has 0 bridgehead atoms. The monoisotopic (exact) mass is 205 g/mol. The molecule has 0 aliphatic rings. The van der Waals surface area contributed by atoms with Crippen molar-refractivity contribution in [2.75, 3.05) is 5.73 Å². The van der Waals surface area contributed by atoms with Gasteiger partial charge in [-0.3, -0.25) is 0 Å². The Labute approximate surface area is 84.3 Å². The van der Waals surface area contributed by atoms with Crippen LogP contribution in [0.5, 0.6) is 0 Å². The second kappa shape index (κ2) is 3.41. The fraction of sp³-hybridized carbons (Fsp3) is 0. The van der Waals surface area contributed by atoms with E-state index in [4.69, 9.17) is 10.8 Å². The van der Waals surface area contributed by atoms with Crippen molar-refractivity contribution in [2.45, 2.75) is 0 Å². The van der Waals surface area contributed by atoms with Gasteiger partial charge < -0.3 is 15.4 Å². The third kappa shape index (κ3) is 1.78. The Balaban J connectivity index is 2.37. The van der Waals surface area contributed by atoms with Crippen LogP contribution in [0.15, 0.2) is 28.8 Å². The van der Waals surface area contributed by atoms with Gasteiger partial charge in [-0.15, -0.1) is 0 Å². The molecule has 0 spiro atoms. The van der Waals surface area contributed by atoms with Crippen molar-refractivity contribution in [3.05, 3.63) is 30.2 Å². The van der Waals surface area contributed by atoms with E-state index in [1.165, 1.54) is 0 Å². The Morgan fingerprint density at radius 1 is 1.33 bits per heavy atom. The fourth-order valence-corrected chi connectivity index (χ4v) is 1.06. The summed E-state index contributed by atoms with van der Waals surface area (Å²) in [4.78, 5) is 14.2. The molecule has 0 saturated carbocycles. The van der Waals surface area contributed by atoms with Crippen LogP contribution >= 0.6 is 0 Å². The summed E-state index contributed by atoms with van der Waals surface area (Å²) in [5.74, 6) is -1.45. The number of rotatable bonds is 2. The second-order valence-electron chi connectivity index (χ2n) is 2.85. The first-order chi connectivity index (χ1) is 7.16. The molecule has 15 heavy (non-hydrogen) atoms. The van der Waals surface area contributed by atoms with Gasteiger partial charge in [-0.2, -0.15) is 4.98 Å². The summed E-state index contributed by atoms with van der Waals surface area (Å²) in [5.41, 5.74) is 6.76. The first-order valence-electron chi connectivity index (χ1n) is 4.10. The molecule has 0 atom stereocenters. The highest BCUT2D eigenvalue weighted by Gasteiger charge is 2.13. The molecule has 1 heterocycles. The maximum Gasteiger partial charge on any atom is 0.394 e. The number of nitrogens with two attached hydrogens (primary N) is 1. The van der Waals surface area contributed by atoms with Gasteiger partial charge in [-0.1, -0.05) is 5.16 Å². The van der Waals surface area contributed by atoms with Crippen molar-refractivity contribution in [3.63, 3.8) is 0 Å². The maximum absolute atomic E-state index is 10.5. The standard InChI is InChI=1S/C9H7N3O3/c10-6-3-1-5(2-4-6)7-11-8(9(13)14)15-12-7/h1-4H,10H2,(H,13,14). The van der Waals surface area contributed by atoms with Gasteiger partial charge in [0.25, 0.3) is 0 Å². The van der Waals surface area contributed by atoms with Crippen LogP contribution in [0.4, 0.5) is 5.69 Å². The number of aromatic carboxylic acids is 1. The largest absolute Gasteiger partial charge is 0.474 e. The normalized spacial score (nSPS) is 10.1. The number of hydrogen-bond acceptors (Lipinski definition) is 5. The van der Waals surface area contributed by atoms with Crippen LogP contribution < -0.4 is 5.73 Å². The summed E-state index contributed by atoms with van der Waals surface area (Å²) < 4.78 is 4.52. The highest BCUT2D eigenvalue weighted by Crippen LogP contribution is 2.16. The Morgan fingerprint density at radius 3 is 2.53 bits per heavy atom. The lowest BCUT2D eigenvalue weighted by Gasteiger charge is -1.94. The molecule has 0 fully saturated rings. The predicted octanol–water partition coefficient (Wildman–Crippen LogP) is 1.02. The number of aromatic nitrogens is 2. The summed E-state index contributed by atoms with van der Waals surface area (Å²) in [7, 11) is 0. The van der Waals surface area contributed by atoms with Crippen molar-refractivity contribution in [3.8, 4) is 11.4 Å². The molecule has 0 aliphatic carbocycles. The number of anilines is 1. The SMILES string of the molecule is Nc1ccc(-c2noc(C(=O)O)n2)cc1. The van der Waals surface area contributed by atoms with Gasteiger partial charge in [-0.05, 0) is 24.3 Å². The third-order valence-electron chi connectivity index (χ3n) is 1.78. The Kier molecular flexibility index (Phi) is 2.09. The summed E-state index contributed by atoms with van der Waals surface area (Å²) >= 11 is 0. The molecule has 2 aromatic rings. The minimum Gasteiger partial charge on any atom is -0.474 e. The van der Waals surface area contributed by atoms with Crippen molar-refractivity contribution < 1.29 is 14.4 Å². The summed E-state index contributed by atoms with van der Waals surface area (Å²) in [5, 5.41) is 12.1. The highest BCUT2D eigenvalue weighted by molar-refractivity contribution is 5.82. The van der Waals surface area contributed by atoms with Crippen molar-refractivity contribution in [1.82, 2.24) is 10.1 Å². The molecular formula is C9H7N3O3. The minimum atomic E-state index is -1.25. The molecule has 76 valence electrons. The number of carbonyl (C=O) groups is 1. The van der Waals surface area contributed by atoms with E-state index in [0.29, 0.717) is 11.3 Å². The Hall–Kier alpha value is -2.37. The maximum atomic E-state index is 10.5. The summed E-state index contributed by atoms with van der Waals surface area (Å²) in [6.07, 6.45) is 0. The molecule has 0 aliphatic heterocycles. The number of carboxylic acids is 1. The third-order valence-corrected chi connectivity index (χ3v) is 1.78. The summed E-state index contributed by atoms with van der Waals surface area (Å²) in [6, 6.07) is 6.72. The average molecular weight is 205 g/mol. The number of hydrogen-bond donors (Lipinski definition) is 2. The van der Waals surface area contributed by atoms with E-state index in [9.17, 15) is 4.79 Å².